The van der Waals surface area contributed by atoms with Gasteiger partial charge in [-0.15, -0.1) is 0 Å². The summed E-state index contributed by atoms with van der Waals surface area (Å²) in [6.45, 7) is 2.02. The van der Waals surface area contributed by atoms with Gasteiger partial charge < -0.3 is 9.57 Å². The highest BCUT2D eigenvalue weighted by molar-refractivity contribution is 6.30. The minimum atomic E-state index is 0.0961. The third-order valence-corrected chi connectivity index (χ3v) is 2.95. The summed E-state index contributed by atoms with van der Waals surface area (Å²) in [5.41, 5.74) is 3.98. The van der Waals surface area contributed by atoms with Crippen LogP contribution in [0.3, 0.4) is 0 Å². The molecule has 0 radical (unpaired) electrons. The number of hydrogen-bond donors (Lipinski definition) is 1. The molecule has 19 heavy (non-hydrogen) atoms. The van der Waals surface area contributed by atoms with Gasteiger partial charge in [0.25, 0.3) is 0 Å². The lowest BCUT2D eigenvalue weighted by Crippen LogP contribution is -2.16. The Bertz CT molecular complexity index is 528. The van der Waals surface area contributed by atoms with Gasteiger partial charge in [-0.25, -0.2) is 0 Å². The fraction of sp³-hybridized carbons (Fsp3) is 0.200. The molecule has 0 aliphatic rings. The van der Waals surface area contributed by atoms with Gasteiger partial charge in [-0.05, 0) is 48.9 Å². The van der Waals surface area contributed by atoms with E-state index in [1.807, 2.05) is 43.3 Å². The van der Waals surface area contributed by atoms with E-state index in [0.29, 0.717) is 5.02 Å². The first-order chi connectivity index (χ1) is 9.19. The Hall–Kier alpha value is -1.55. The van der Waals surface area contributed by atoms with Crippen LogP contribution in [0.25, 0.3) is 0 Å². The molecule has 0 saturated heterocycles. The Labute approximate surface area is 118 Å². The summed E-state index contributed by atoms with van der Waals surface area (Å²) < 4.78 is 5.78. The molecule has 3 nitrogen and oxygen atoms in total. The minimum Gasteiger partial charge on any atom is -0.457 e. The molecule has 0 saturated carbocycles. The van der Waals surface area contributed by atoms with E-state index in [0.717, 1.165) is 17.1 Å². The summed E-state index contributed by atoms with van der Waals surface area (Å²) >= 11 is 5.84. The van der Waals surface area contributed by atoms with E-state index in [1.54, 1.807) is 19.2 Å². The van der Waals surface area contributed by atoms with Gasteiger partial charge in [0.15, 0.2) is 0 Å². The number of benzene rings is 2. The normalized spacial score (nSPS) is 12.2. The summed E-state index contributed by atoms with van der Waals surface area (Å²) in [5, 5.41) is 0.694. The lowest BCUT2D eigenvalue weighted by molar-refractivity contribution is 0.0658. The van der Waals surface area contributed by atoms with Gasteiger partial charge >= 0.3 is 0 Å². The van der Waals surface area contributed by atoms with Crippen molar-refractivity contribution in [3.8, 4) is 11.5 Å². The van der Waals surface area contributed by atoms with Crippen molar-refractivity contribution in [1.82, 2.24) is 5.48 Å². The highest BCUT2D eigenvalue weighted by atomic mass is 35.5. The molecule has 0 spiro atoms. The van der Waals surface area contributed by atoms with Gasteiger partial charge in [0.05, 0.1) is 13.2 Å². The van der Waals surface area contributed by atoms with Crippen molar-refractivity contribution in [2.75, 3.05) is 7.11 Å². The van der Waals surface area contributed by atoms with Crippen molar-refractivity contribution < 1.29 is 9.57 Å². The van der Waals surface area contributed by atoms with E-state index in [-0.39, 0.29) is 6.04 Å². The van der Waals surface area contributed by atoms with Crippen LogP contribution < -0.4 is 10.2 Å². The molecular weight excluding hydrogens is 262 g/mol. The molecule has 0 bridgehead atoms. The maximum atomic E-state index is 5.84. The molecule has 0 aromatic heterocycles. The van der Waals surface area contributed by atoms with E-state index in [9.17, 15) is 0 Å². The fourth-order valence-electron chi connectivity index (χ4n) is 1.73. The lowest BCUT2D eigenvalue weighted by Gasteiger charge is -2.13. The fourth-order valence-corrected chi connectivity index (χ4v) is 1.86. The molecule has 1 atom stereocenters. The summed E-state index contributed by atoms with van der Waals surface area (Å²) in [6.07, 6.45) is 0. The van der Waals surface area contributed by atoms with Crippen LogP contribution in [-0.2, 0) is 4.84 Å². The first-order valence-corrected chi connectivity index (χ1v) is 6.39. The monoisotopic (exact) mass is 277 g/mol. The molecule has 0 fully saturated rings. The van der Waals surface area contributed by atoms with E-state index >= 15 is 0 Å². The smallest absolute Gasteiger partial charge is 0.127 e. The molecule has 2 aromatic carbocycles. The standard InChI is InChI=1S/C15H16ClNO2/c1-11(17-18-2)12-4-3-5-15(10-12)19-14-8-6-13(16)7-9-14/h3-11,17H,1-2H3. The predicted octanol–water partition coefficient (Wildman–Crippen LogP) is 4.34. The van der Waals surface area contributed by atoms with Crippen LogP contribution in [0.2, 0.25) is 5.02 Å². The van der Waals surface area contributed by atoms with Gasteiger partial charge in [0.2, 0.25) is 0 Å². The van der Waals surface area contributed by atoms with E-state index in [2.05, 4.69) is 5.48 Å². The topological polar surface area (TPSA) is 30.5 Å². The molecule has 0 heterocycles. The van der Waals surface area contributed by atoms with Gasteiger partial charge in [-0.3, -0.25) is 0 Å². The SMILES string of the molecule is CONC(C)c1cccc(Oc2ccc(Cl)cc2)c1. The Morgan fingerprint density at radius 3 is 2.47 bits per heavy atom. The molecule has 2 aromatic rings. The molecule has 1 unspecified atom stereocenters. The van der Waals surface area contributed by atoms with Gasteiger partial charge in [-0.1, -0.05) is 23.7 Å². The number of halogens is 1. The van der Waals surface area contributed by atoms with Crippen LogP contribution in [0.5, 0.6) is 11.5 Å². The second-order valence-electron chi connectivity index (χ2n) is 4.17. The Kier molecular flexibility index (Phi) is 4.80. The Morgan fingerprint density at radius 2 is 1.79 bits per heavy atom. The van der Waals surface area contributed by atoms with Crippen LogP contribution in [0.4, 0.5) is 0 Å². The zero-order chi connectivity index (χ0) is 13.7. The van der Waals surface area contributed by atoms with Gasteiger partial charge in [-0.2, -0.15) is 5.48 Å². The number of ether oxygens (including phenoxy) is 1. The van der Waals surface area contributed by atoms with Crippen LogP contribution in [0.1, 0.15) is 18.5 Å². The Balaban J connectivity index is 2.12. The maximum Gasteiger partial charge on any atom is 0.127 e. The third kappa shape index (κ3) is 3.96. The minimum absolute atomic E-state index is 0.0961. The van der Waals surface area contributed by atoms with E-state index in [1.165, 1.54) is 0 Å². The van der Waals surface area contributed by atoms with Crippen molar-refractivity contribution in [2.24, 2.45) is 0 Å². The van der Waals surface area contributed by atoms with Crippen LogP contribution in [0, 0.1) is 0 Å². The molecule has 0 aliphatic carbocycles. The number of hydrogen-bond acceptors (Lipinski definition) is 3. The average Bonchev–Trinajstić information content (AvgIpc) is 2.42. The summed E-state index contributed by atoms with van der Waals surface area (Å²) in [6, 6.07) is 15.2. The largest absolute Gasteiger partial charge is 0.457 e. The third-order valence-electron chi connectivity index (χ3n) is 2.70. The number of hydroxylamine groups is 1. The zero-order valence-corrected chi connectivity index (χ0v) is 11.6. The zero-order valence-electron chi connectivity index (χ0n) is 10.9. The summed E-state index contributed by atoms with van der Waals surface area (Å²) in [7, 11) is 1.60. The van der Waals surface area contributed by atoms with Crippen LogP contribution in [0.15, 0.2) is 48.5 Å². The molecule has 100 valence electrons. The molecule has 0 amide bonds. The summed E-state index contributed by atoms with van der Waals surface area (Å²) in [5.74, 6) is 1.54. The molecule has 0 aliphatic heterocycles. The number of nitrogens with one attached hydrogen (secondary N) is 1. The second kappa shape index (κ2) is 6.57. The molecule has 4 heteroatoms. The molecule has 2 rings (SSSR count). The quantitative estimate of drug-likeness (QED) is 0.825. The highest BCUT2D eigenvalue weighted by Crippen LogP contribution is 2.25. The number of rotatable bonds is 5. The van der Waals surface area contributed by atoms with Gasteiger partial charge in [0, 0.05) is 5.02 Å². The molecular formula is C15H16ClNO2. The van der Waals surface area contributed by atoms with Crippen molar-refractivity contribution in [3.63, 3.8) is 0 Å². The lowest BCUT2D eigenvalue weighted by atomic mass is 10.1. The van der Waals surface area contributed by atoms with Crippen LogP contribution >= 0.6 is 11.6 Å². The van der Waals surface area contributed by atoms with E-state index < -0.39 is 0 Å². The van der Waals surface area contributed by atoms with Crippen molar-refractivity contribution in [3.05, 3.63) is 59.1 Å². The summed E-state index contributed by atoms with van der Waals surface area (Å²) in [4.78, 5) is 4.92. The van der Waals surface area contributed by atoms with Crippen LogP contribution in [-0.4, -0.2) is 7.11 Å². The predicted molar refractivity (Wildman–Crippen MR) is 76.5 cm³/mol. The first-order valence-electron chi connectivity index (χ1n) is 6.01. The average molecular weight is 278 g/mol. The van der Waals surface area contributed by atoms with Gasteiger partial charge in [0.1, 0.15) is 11.5 Å². The highest BCUT2D eigenvalue weighted by Gasteiger charge is 2.06. The van der Waals surface area contributed by atoms with Crippen molar-refractivity contribution in [2.45, 2.75) is 13.0 Å². The second-order valence-corrected chi connectivity index (χ2v) is 4.61. The molecule has 1 N–H and O–H groups in total. The maximum absolute atomic E-state index is 5.84. The van der Waals surface area contributed by atoms with Crippen molar-refractivity contribution in [1.29, 1.82) is 0 Å². The van der Waals surface area contributed by atoms with Crippen molar-refractivity contribution >= 4 is 11.6 Å². The Morgan fingerprint density at radius 1 is 1.05 bits per heavy atom. The first kappa shape index (κ1) is 13.9. The van der Waals surface area contributed by atoms with E-state index in [4.69, 9.17) is 21.2 Å².